The number of ether oxygens (including phenoxy) is 1. The number of sulfonamides is 1. The van der Waals surface area contributed by atoms with E-state index >= 15 is 0 Å². The fourth-order valence-corrected chi connectivity index (χ4v) is 4.84. The van der Waals surface area contributed by atoms with Crippen LogP contribution in [0.1, 0.15) is 46.0 Å². The summed E-state index contributed by atoms with van der Waals surface area (Å²) in [5.41, 5.74) is 0.589. The SMILES string of the molecule is CCOCCC(=O)Nc1ccc(S(=O)(=O)N2CCCCC2CC)cc1. The van der Waals surface area contributed by atoms with E-state index in [2.05, 4.69) is 5.32 Å². The van der Waals surface area contributed by atoms with Crippen LogP contribution in [-0.2, 0) is 19.6 Å². The highest BCUT2D eigenvalue weighted by Gasteiger charge is 2.32. The third kappa shape index (κ3) is 5.26. The van der Waals surface area contributed by atoms with Gasteiger partial charge in [0.15, 0.2) is 0 Å². The molecule has 7 heteroatoms. The number of amides is 1. The number of hydrogen-bond donors (Lipinski definition) is 1. The van der Waals surface area contributed by atoms with E-state index in [4.69, 9.17) is 4.74 Å². The average Bonchev–Trinajstić information content (AvgIpc) is 2.62. The van der Waals surface area contributed by atoms with Crippen molar-refractivity contribution in [2.24, 2.45) is 0 Å². The summed E-state index contributed by atoms with van der Waals surface area (Å²) in [5, 5.41) is 2.75. The molecule has 1 N–H and O–H groups in total. The van der Waals surface area contributed by atoms with E-state index in [1.807, 2.05) is 13.8 Å². The van der Waals surface area contributed by atoms with Crippen LogP contribution in [0.5, 0.6) is 0 Å². The van der Waals surface area contributed by atoms with Crippen LogP contribution in [-0.4, -0.2) is 44.4 Å². The lowest BCUT2D eigenvalue weighted by atomic mass is 10.0. The molecule has 0 aliphatic carbocycles. The van der Waals surface area contributed by atoms with E-state index in [0.29, 0.717) is 25.4 Å². The molecule has 1 aliphatic rings. The summed E-state index contributed by atoms with van der Waals surface area (Å²) < 4.78 is 32.6. The lowest BCUT2D eigenvalue weighted by Gasteiger charge is -2.34. The van der Waals surface area contributed by atoms with Crippen LogP contribution >= 0.6 is 0 Å². The van der Waals surface area contributed by atoms with Crippen molar-refractivity contribution in [2.75, 3.05) is 25.1 Å². The molecule has 1 heterocycles. The molecular weight excluding hydrogens is 340 g/mol. The molecule has 0 radical (unpaired) electrons. The van der Waals surface area contributed by atoms with Crippen LogP contribution < -0.4 is 5.32 Å². The maximum Gasteiger partial charge on any atom is 0.243 e. The van der Waals surface area contributed by atoms with Crippen molar-refractivity contribution < 1.29 is 17.9 Å². The Balaban J connectivity index is 2.04. The summed E-state index contributed by atoms with van der Waals surface area (Å²) in [6.45, 7) is 5.44. The number of carbonyl (C=O) groups excluding carboxylic acids is 1. The summed E-state index contributed by atoms with van der Waals surface area (Å²) in [6.07, 6.45) is 4.01. The number of nitrogens with one attached hydrogen (secondary N) is 1. The molecular formula is C18H28N2O4S. The third-order valence-electron chi connectivity index (χ3n) is 4.47. The second-order valence-corrected chi connectivity index (χ2v) is 8.08. The predicted octanol–water partition coefficient (Wildman–Crippen LogP) is 3.00. The number of piperidine rings is 1. The number of benzene rings is 1. The molecule has 1 amide bonds. The van der Waals surface area contributed by atoms with Gasteiger partial charge in [-0.25, -0.2) is 8.42 Å². The Labute approximate surface area is 150 Å². The first kappa shape index (κ1) is 19.9. The van der Waals surface area contributed by atoms with Crippen LogP contribution in [0, 0.1) is 0 Å². The minimum atomic E-state index is -3.49. The molecule has 2 rings (SSSR count). The van der Waals surface area contributed by atoms with Gasteiger partial charge in [-0.3, -0.25) is 4.79 Å². The lowest BCUT2D eigenvalue weighted by molar-refractivity contribution is -0.117. The van der Waals surface area contributed by atoms with E-state index in [9.17, 15) is 13.2 Å². The molecule has 6 nitrogen and oxygen atoms in total. The first-order chi connectivity index (χ1) is 12.0. The Hall–Kier alpha value is -1.44. The van der Waals surface area contributed by atoms with E-state index in [1.165, 1.54) is 0 Å². The fraction of sp³-hybridized carbons (Fsp3) is 0.611. The van der Waals surface area contributed by atoms with Crippen molar-refractivity contribution in [3.63, 3.8) is 0 Å². The number of nitrogens with zero attached hydrogens (tertiary/aromatic N) is 1. The van der Waals surface area contributed by atoms with Crippen molar-refractivity contribution in [3.05, 3.63) is 24.3 Å². The average molecular weight is 368 g/mol. The van der Waals surface area contributed by atoms with E-state index < -0.39 is 10.0 Å². The minimum absolute atomic E-state index is 0.0803. The van der Waals surface area contributed by atoms with Crippen LogP contribution in [0.15, 0.2) is 29.2 Å². The largest absolute Gasteiger partial charge is 0.381 e. The van der Waals surface area contributed by atoms with Crippen molar-refractivity contribution in [2.45, 2.75) is 56.9 Å². The zero-order valence-electron chi connectivity index (χ0n) is 15.0. The van der Waals surface area contributed by atoms with Gasteiger partial charge >= 0.3 is 0 Å². The van der Waals surface area contributed by atoms with Crippen molar-refractivity contribution in [1.82, 2.24) is 4.31 Å². The van der Waals surface area contributed by atoms with Gasteiger partial charge in [0.1, 0.15) is 0 Å². The maximum absolute atomic E-state index is 12.9. The Morgan fingerprint density at radius 3 is 2.60 bits per heavy atom. The molecule has 25 heavy (non-hydrogen) atoms. The maximum atomic E-state index is 12.9. The molecule has 1 atom stereocenters. The van der Waals surface area contributed by atoms with Gasteiger partial charge in [-0.15, -0.1) is 0 Å². The zero-order valence-corrected chi connectivity index (χ0v) is 15.8. The highest BCUT2D eigenvalue weighted by Crippen LogP contribution is 2.27. The van der Waals surface area contributed by atoms with Crippen LogP contribution in [0.3, 0.4) is 0 Å². The summed E-state index contributed by atoms with van der Waals surface area (Å²) >= 11 is 0. The second-order valence-electron chi connectivity index (χ2n) is 6.19. The number of anilines is 1. The van der Waals surface area contributed by atoms with Gasteiger partial charge in [0.25, 0.3) is 0 Å². The molecule has 0 bridgehead atoms. The molecule has 1 aliphatic heterocycles. The van der Waals surface area contributed by atoms with E-state index in [1.54, 1.807) is 28.6 Å². The van der Waals surface area contributed by atoms with Crippen molar-refractivity contribution in [1.29, 1.82) is 0 Å². The van der Waals surface area contributed by atoms with Gasteiger partial charge in [0, 0.05) is 24.9 Å². The number of hydrogen-bond acceptors (Lipinski definition) is 4. The summed E-state index contributed by atoms with van der Waals surface area (Å²) in [6, 6.07) is 6.48. The van der Waals surface area contributed by atoms with E-state index in [0.717, 1.165) is 25.7 Å². The summed E-state index contributed by atoms with van der Waals surface area (Å²) in [4.78, 5) is 12.1. The standard InChI is InChI=1S/C18H28N2O4S/c1-3-16-7-5-6-13-20(16)25(22,23)17-10-8-15(9-11-17)19-18(21)12-14-24-4-2/h8-11,16H,3-7,12-14H2,1-2H3,(H,19,21). The fourth-order valence-electron chi connectivity index (χ4n) is 3.08. The molecule has 140 valence electrons. The highest BCUT2D eigenvalue weighted by molar-refractivity contribution is 7.89. The Morgan fingerprint density at radius 2 is 1.96 bits per heavy atom. The summed E-state index contributed by atoms with van der Waals surface area (Å²) in [7, 11) is -3.49. The van der Waals surface area contributed by atoms with Gasteiger partial charge in [-0.2, -0.15) is 4.31 Å². The van der Waals surface area contributed by atoms with E-state index in [-0.39, 0.29) is 23.3 Å². The normalized spacial score (nSPS) is 18.9. The number of rotatable bonds is 8. The van der Waals surface area contributed by atoms with Gasteiger partial charge < -0.3 is 10.1 Å². The molecule has 1 saturated heterocycles. The van der Waals surface area contributed by atoms with Gasteiger partial charge in [-0.05, 0) is 50.5 Å². The molecule has 0 saturated carbocycles. The quantitative estimate of drug-likeness (QED) is 0.716. The first-order valence-electron chi connectivity index (χ1n) is 8.98. The third-order valence-corrected chi connectivity index (χ3v) is 6.43. The zero-order chi connectivity index (χ0) is 18.3. The monoisotopic (exact) mass is 368 g/mol. The topological polar surface area (TPSA) is 75.7 Å². The predicted molar refractivity (Wildman–Crippen MR) is 98.0 cm³/mol. The van der Waals surface area contributed by atoms with Crippen molar-refractivity contribution >= 4 is 21.6 Å². The lowest BCUT2D eigenvalue weighted by Crippen LogP contribution is -2.43. The summed E-state index contributed by atoms with van der Waals surface area (Å²) in [5.74, 6) is -0.147. The van der Waals surface area contributed by atoms with Gasteiger partial charge in [0.2, 0.25) is 15.9 Å². The molecule has 1 aromatic carbocycles. The Morgan fingerprint density at radius 1 is 1.24 bits per heavy atom. The van der Waals surface area contributed by atoms with Gasteiger partial charge in [-0.1, -0.05) is 13.3 Å². The molecule has 1 fully saturated rings. The van der Waals surface area contributed by atoms with Crippen molar-refractivity contribution in [3.8, 4) is 0 Å². The first-order valence-corrected chi connectivity index (χ1v) is 10.4. The molecule has 0 spiro atoms. The Bertz CT molecular complexity index is 658. The molecule has 1 aromatic rings. The van der Waals surface area contributed by atoms with Crippen LogP contribution in [0.25, 0.3) is 0 Å². The van der Waals surface area contributed by atoms with Crippen LogP contribution in [0.2, 0.25) is 0 Å². The second kappa shape index (κ2) is 9.31. The van der Waals surface area contributed by atoms with Gasteiger partial charge in [0.05, 0.1) is 17.9 Å². The number of carbonyl (C=O) groups is 1. The van der Waals surface area contributed by atoms with Crippen LogP contribution in [0.4, 0.5) is 5.69 Å². The molecule has 0 aromatic heterocycles. The molecule has 1 unspecified atom stereocenters. The smallest absolute Gasteiger partial charge is 0.243 e. The minimum Gasteiger partial charge on any atom is -0.381 e. The highest BCUT2D eigenvalue weighted by atomic mass is 32.2. The Kier molecular flexibility index (Phi) is 7.40.